The number of rotatable bonds is 9. The lowest BCUT2D eigenvalue weighted by Crippen LogP contribution is -2.45. The van der Waals surface area contributed by atoms with Gasteiger partial charge in [-0.25, -0.2) is 0 Å². The normalized spacial score (nSPS) is 13.5. The van der Waals surface area contributed by atoms with E-state index in [-0.39, 0.29) is 0 Å². The van der Waals surface area contributed by atoms with Gasteiger partial charge < -0.3 is 18.9 Å². The second-order valence-electron chi connectivity index (χ2n) is 6.64. The van der Waals surface area contributed by atoms with Crippen LogP contribution in [0.3, 0.4) is 0 Å². The summed E-state index contributed by atoms with van der Waals surface area (Å²) in [6.45, 7) is 1.85. The summed E-state index contributed by atoms with van der Waals surface area (Å²) in [7, 11) is 4.35. The molecule has 3 rings (SSSR count). The maximum absolute atomic E-state index is 13.0. The summed E-state index contributed by atoms with van der Waals surface area (Å²) in [5, 5.41) is -0.540. The van der Waals surface area contributed by atoms with E-state index in [1.165, 1.54) is 21.3 Å². The molecule has 1 heterocycles. The third-order valence-electron chi connectivity index (χ3n) is 4.64. The second kappa shape index (κ2) is 10.2. The predicted octanol–water partition coefficient (Wildman–Crippen LogP) is 4.12. The Morgan fingerprint density at radius 1 is 0.903 bits per heavy atom. The summed E-state index contributed by atoms with van der Waals surface area (Å²) in [6, 6.07) is 20.4. The maximum Gasteiger partial charge on any atom is 0.323 e. The first-order chi connectivity index (χ1) is 15.0. The van der Waals surface area contributed by atoms with Crippen LogP contribution in [-0.4, -0.2) is 42.5 Å². The van der Waals surface area contributed by atoms with Gasteiger partial charge in [-0.05, 0) is 24.6 Å². The number of hydrogen-bond acceptors (Lipinski definition) is 8. The molecule has 0 spiro atoms. The van der Waals surface area contributed by atoms with Crippen molar-refractivity contribution in [2.45, 2.75) is 22.9 Å². The molecule has 3 aromatic rings. The van der Waals surface area contributed by atoms with Gasteiger partial charge in [0.25, 0.3) is 0 Å². The van der Waals surface area contributed by atoms with Gasteiger partial charge in [0, 0.05) is 0 Å². The number of ether oxygens (including phenoxy) is 4. The van der Waals surface area contributed by atoms with E-state index in [4.69, 9.17) is 18.9 Å². The highest BCUT2D eigenvalue weighted by Crippen LogP contribution is 2.40. The van der Waals surface area contributed by atoms with E-state index in [9.17, 15) is 4.79 Å². The summed E-state index contributed by atoms with van der Waals surface area (Å²) < 4.78 is 22.0. The lowest BCUT2D eigenvalue weighted by atomic mass is 9.91. The Morgan fingerprint density at radius 2 is 1.45 bits per heavy atom. The van der Waals surface area contributed by atoms with Gasteiger partial charge in [0.2, 0.25) is 11.8 Å². The number of methoxy groups -OCH3 is 3. The van der Waals surface area contributed by atoms with E-state index in [2.05, 4.69) is 9.97 Å². The first kappa shape index (κ1) is 22.4. The molecule has 0 fully saturated rings. The van der Waals surface area contributed by atoms with Crippen molar-refractivity contribution in [2.24, 2.45) is 0 Å². The molecule has 2 aromatic carbocycles. The molecule has 2 unspecified atom stereocenters. The quantitative estimate of drug-likeness (QED) is 0.279. The Morgan fingerprint density at radius 3 is 1.97 bits per heavy atom. The molecule has 0 amide bonds. The SMILES string of the molecule is COC(=O)C(Sc1nc(OC)cc(OC)n1)C(C)(Oc1ccccc1)c1ccccc1. The summed E-state index contributed by atoms with van der Waals surface area (Å²) in [6.07, 6.45) is 0. The number of nitrogens with zero attached hydrogens (tertiary/aromatic N) is 2. The Hall–Kier alpha value is -3.26. The fourth-order valence-corrected chi connectivity index (χ4v) is 4.11. The van der Waals surface area contributed by atoms with E-state index < -0.39 is 16.8 Å². The molecule has 0 bridgehead atoms. The van der Waals surface area contributed by atoms with Gasteiger partial charge in [0.1, 0.15) is 5.75 Å². The number of benzene rings is 2. The van der Waals surface area contributed by atoms with Crippen LogP contribution in [0.1, 0.15) is 12.5 Å². The minimum Gasteiger partial charge on any atom is -0.481 e. The van der Waals surface area contributed by atoms with Crippen molar-refractivity contribution in [1.82, 2.24) is 9.97 Å². The van der Waals surface area contributed by atoms with Crippen molar-refractivity contribution in [3.05, 3.63) is 72.3 Å². The number of hydrogen-bond donors (Lipinski definition) is 0. The molecule has 31 heavy (non-hydrogen) atoms. The van der Waals surface area contributed by atoms with Gasteiger partial charge in [-0.3, -0.25) is 4.79 Å². The van der Waals surface area contributed by atoms with E-state index in [0.29, 0.717) is 22.7 Å². The van der Waals surface area contributed by atoms with Crippen LogP contribution >= 0.6 is 11.8 Å². The Bertz CT molecular complexity index is 981. The zero-order valence-electron chi connectivity index (χ0n) is 17.8. The summed E-state index contributed by atoms with van der Waals surface area (Å²) in [4.78, 5) is 21.7. The highest BCUT2D eigenvalue weighted by Gasteiger charge is 2.45. The molecule has 2 atom stereocenters. The monoisotopic (exact) mass is 440 g/mol. The number of carbonyl (C=O) groups is 1. The van der Waals surface area contributed by atoms with Crippen molar-refractivity contribution in [3.63, 3.8) is 0 Å². The van der Waals surface area contributed by atoms with Gasteiger partial charge in [0.05, 0.1) is 27.4 Å². The average molecular weight is 441 g/mol. The molecule has 0 aliphatic carbocycles. The molecule has 0 radical (unpaired) electrons. The molecule has 0 aliphatic heterocycles. The number of para-hydroxylation sites is 1. The van der Waals surface area contributed by atoms with Crippen LogP contribution < -0.4 is 14.2 Å². The standard InChI is InChI=1S/C23H24N2O5S/c1-23(16-11-7-5-8-12-16,30-17-13-9-6-10-14-17)20(21(26)29-4)31-22-24-18(27-2)15-19(25-22)28-3/h5-15,20H,1-4H3. The molecule has 162 valence electrons. The maximum atomic E-state index is 13.0. The van der Waals surface area contributed by atoms with Gasteiger partial charge >= 0.3 is 5.97 Å². The lowest BCUT2D eigenvalue weighted by Gasteiger charge is -2.36. The largest absolute Gasteiger partial charge is 0.481 e. The van der Waals surface area contributed by atoms with Crippen molar-refractivity contribution >= 4 is 17.7 Å². The summed E-state index contributed by atoms with van der Waals surface area (Å²) in [5.74, 6) is 0.789. The van der Waals surface area contributed by atoms with Crippen LogP contribution in [0.4, 0.5) is 0 Å². The van der Waals surface area contributed by atoms with Crippen LogP contribution in [0.25, 0.3) is 0 Å². The lowest BCUT2D eigenvalue weighted by molar-refractivity contribution is -0.144. The fraction of sp³-hybridized carbons (Fsp3) is 0.261. The van der Waals surface area contributed by atoms with Gasteiger partial charge in [-0.2, -0.15) is 9.97 Å². The number of esters is 1. The highest BCUT2D eigenvalue weighted by molar-refractivity contribution is 8.00. The smallest absolute Gasteiger partial charge is 0.323 e. The van der Waals surface area contributed by atoms with Crippen molar-refractivity contribution in [3.8, 4) is 17.5 Å². The zero-order chi connectivity index (χ0) is 22.3. The number of carbonyl (C=O) groups excluding carboxylic acids is 1. The van der Waals surface area contributed by atoms with Crippen LogP contribution in [0, 0.1) is 0 Å². The average Bonchev–Trinajstić information content (AvgIpc) is 2.82. The molecule has 0 N–H and O–H groups in total. The molecule has 0 saturated heterocycles. The molecule has 0 saturated carbocycles. The van der Waals surface area contributed by atoms with Gasteiger partial charge in [-0.1, -0.05) is 60.3 Å². The first-order valence-electron chi connectivity index (χ1n) is 9.51. The van der Waals surface area contributed by atoms with E-state index in [0.717, 1.165) is 17.3 Å². The van der Waals surface area contributed by atoms with Crippen LogP contribution in [-0.2, 0) is 15.1 Å². The Kier molecular flexibility index (Phi) is 7.36. The predicted molar refractivity (Wildman–Crippen MR) is 118 cm³/mol. The van der Waals surface area contributed by atoms with E-state index in [1.807, 2.05) is 67.6 Å². The fourth-order valence-electron chi connectivity index (χ4n) is 3.01. The van der Waals surface area contributed by atoms with Crippen LogP contribution in [0.2, 0.25) is 0 Å². The minimum absolute atomic E-state index is 0.297. The van der Waals surface area contributed by atoms with E-state index in [1.54, 1.807) is 6.07 Å². The van der Waals surface area contributed by atoms with Gasteiger partial charge in [0.15, 0.2) is 16.0 Å². The third kappa shape index (κ3) is 5.27. The molecular weight excluding hydrogens is 416 g/mol. The topological polar surface area (TPSA) is 79.8 Å². The van der Waals surface area contributed by atoms with Crippen LogP contribution in [0.15, 0.2) is 71.9 Å². The summed E-state index contributed by atoms with van der Waals surface area (Å²) in [5.41, 5.74) is -0.295. The first-order valence-corrected chi connectivity index (χ1v) is 10.4. The summed E-state index contributed by atoms with van der Waals surface area (Å²) >= 11 is 1.12. The van der Waals surface area contributed by atoms with Crippen LogP contribution in [0.5, 0.6) is 17.5 Å². The van der Waals surface area contributed by atoms with Gasteiger partial charge in [-0.15, -0.1) is 0 Å². The third-order valence-corrected chi connectivity index (χ3v) is 5.91. The number of aromatic nitrogens is 2. The molecule has 0 aliphatic rings. The molecular formula is C23H24N2O5S. The second-order valence-corrected chi connectivity index (χ2v) is 7.72. The molecule has 1 aromatic heterocycles. The van der Waals surface area contributed by atoms with E-state index >= 15 is 0 Å². The van der Waals surface area contributed by atoms with Crippen molar-refractivity contribution in [1.29, 1.82) is 0 Å². The van der Waals surface area contributed by atoms with Crippen molar-refractivity contribution in [2.75, 3.05) is 21.3 Å². The Balaban J connectivity index is 2.08. The minimum atomic E-state index is -1.10. The molecule has 8 heteroatoms. The Labute approximate surface area is 185 Å². The zero-order valence-corrected chi connectivity index (χ0v) is 18.6. The molecule has 7 nitrogen and oxygen atoms in total. The number of thioether (sulfide) groups is 1. The highest BCUT2D eigenvalue weighted by atomic mass is 32.2. The van der Waals surface area contributed by atoms with Crippen molar-refractivity contribution < 1.29 is 23.7 Å².